The molecule has 0 aliphatic carbocycles. The molecule has 0 fully saturated rings. The van der Waals surface area contributed by atoms with Crippen LogP contribution in [0.3, 0.4) is 0 Å². The zero-order chi connectivity index (χ0) is 22.6. The second-order valence-corrected chi connectivity index (χ2v) is 9.39. The van der Waals surface area contributed by atoms with Crippen LogP contribution in [-0.4, -0.2) is 38.9 Å². The molecular weight excluding hydrogens is 424 g/mol. The standard InChI is InChI=1S/C25H26N2O4S/c1-2-31-23-12-14-24(15-13-23)32(29,30)27(22-10-4-3-5-11-22)25(19-28)26-17-16-20-8-6-7-9-21(20)18-26/h3-15,19,25H,2,16-18H2,1H3. The summed E-state index contributed by atoms with van der Waals surface area (Å²) in [5.41, 5.74) is 2.78. The van der Waals surface area contributed by atoms with Crippen molar-refractivity contribution in [2.24, 2.45) is 0 Å². The van der Waals surface area contributed by atoms with Gasteiger partial charge in [-0.2, -0.15) is 0 Å². The van der Waals surface area contributed by atoms with E-state index in [9.17, 15) is 13.2 Å². The van der Waals surface area contributed by atoms with Gasteiger partial charge in [0.2, 0.25) is 0 Å². The molecule has 32 heavy (non-hydrogen) atoms. The highest BCUT2D eigenvalue weighted by atomic mass is 32.2. The van der Waals surface area contributed by atoms with Crippen molar-refractivity contribution < 1.29 is 17.9 Å². The van der Waals surface area contributed by atoms with Crippen molar-refractivity contribution in [3.63, 3.8) is 0 Å². The molecule has 6 nitrogen and oxygen atoms in total. The maximum atomic E-state index is 13.8. The Bertz CT molecular complexity index is 1160. The van der Waals surface area contributed by atoms with Crippen molar-refractivity contribution in [2.45, 2.75) is 31.0 Å². The number of sulfonamides is 1. The highest BCUT2D eigenvalue weighted by Crippen LogP contribution is 2.30. The number of nitrogens with zero attached hydrogens (tertiary/aromatic N) is 2. The van der Waals surface area contributed by atoms with E-state index in [-0.39, 0.29) is 4.90 Å². The molecule has 1 unspecified atom stereocenters. The Hall–Kier alpha value is -3.16. The number of carbonyl (C=O) groups is 1. The van der Waals surface area contributed by atoms with Crippen LogP contribution in [0.25, 0.3) is 0 Å². The molecule has 0 aromatic heterocycles. The maximum absolute atomic E-state index is 13.8. The number of para-hydroxylation sites is 1. The molecule has 0 saturated heterocycles. The van der Waals surface area contributed by atoms with E-state index in [1.165, 1.54) is 22.0 Å². The number of ether oxygens (including phenoxy) is 1. The molecule has 1 heterocycles. The monoisotopic (exact) mass is 450 g/mol. The van der Waals surface area contributed by atoms with Gasteiger partial charge >= 0.3 is 0 Å². The number of hydrogen-bond acceptors (Lipinski definition) is 5. The Kier molecular flexibility index (Phi) is 6.58. The molecule has 7 heteroatoms. The fourth-order valence-corrected chi connectivity index (χ4v) is 5.60. The summed E-state index contributed by atoms with van der Waals surface area (Å²) in [6.45, 7) is 3.45. The minimum absolute atomic E-state index is 0.106. The largest absolute Gasteiger partial charge is 0.494 e. The van der Waals surface area contributed by atoms with Gasteiger partial charge in [-0.3, -0.25) is 9.69 Å². The van der Waals surface area contributed by atoms with Gasteiger partial charge in [0.25, 0.3) is 10.0 Å². The average molecular weight is 451 g/mol. The van der Waals surface area contributed by atoms with Crippen LogP contribution in [0.1, 0.15) is 18.1 Å². The van der Waals surface area contributed by atoms with Gasteiger partial charge in [0.1, 0.15) is 5.75 Å². The number of hydrogen-bond donors (Lipinski definition) is 0. The lowest BCUT2D eigenvalue weighted by molar-refractivity contribution is -0.112. The third-order valence-corrected chi connectivity index (χ3v) is 7.41. The first-order chi connectivity index (χ1) is 15.5. The van der Waals surface area contributed by atoms with Crippen molar-refractivity contribution in [2.75, 3.05) is 17.5 Å². The number of rotatable bonds is 8. The van der Waals surface area contributed by atoms with Gasteiger partial charge in [-0.15, -0.1) is 0 Å². The Morgan fingerprint density at radius 3 is 2.28 bits per heavy atom. The van der Waals surface area contributed by atoms with Crippen LogP contribution in [0.5, 0.6) is 5.75 Å². The van der Waals surface area contributed by atoms with Gasteiger partial charge < -0.3 is 4.74 Å². The Morgan fingerprint density at radius 2 is 1.62 bits per heavy atom. The Balaban J connectivity index is 1.74. The van der Waals surface area contributed by atoms with E-state index in [4.69, 9.17) is 4.74 Å². The second-order valence-electron chi connectivity index (χ2n) is 7.58. The van der Waals surface area contributed by atoms with E-state index in [0.29, 0.717) is 37.4 Å². The molecule has 3 aromatic carbocycles. The van der Waals surface area contributed by atoms with E-state index in [0.717, 1.165) is 12.0 Å². The van der Waals surface area contributed by atoms with E-state index in [2.05, 4.69) is 6.07 Å². The van der Waals surface area contributed by atoms with Crippen LogP contribution in [0.2, 0.25) is 0 Å². The number of aldehydes is 1. The van der Waals surface area contributed by atoms with Gasteiger partial charge in [0.05, 0.1) is 17.2 Å². The highest BCUT2D eigenvalue weighted by molar-refractivity contribution is 7.92. The van der Waals surface area contributed by atoms with Gasteiger partial charge in [-0.05, 0) is 60.9 Å². The van der Waals surface area contributed by atoms with Crippen molar-refractivity contribution in [1.82, 2.24) is 4.90 Å². The van der Waals surface area contributed by atoms with E-state index in [1.54, 1.807) is 36.4 Å². The third kappa shape index (κ3) is 4.40. The van der Waals surface area contributed by atoms with Crippen molar-refractivity contribution in [3.05, 3.63) is 90.0 Å². The summed E-state index contributed by atoms with van der Waals surface area (Å²) >= 11 is 0. The summed E-state index contributed by atoms with van der Waals surface area (Å²) in [6, 6.07) is 23.1. The summed E-state index contributed by atoms with van der Waals surface area (Å²) in [7, 11) is -4.02. The van der Waals surface area contributed by atoms with Crippen molar-refractivity contribution in [1.29, 1.82) is 0 Å². The van der Waals surface area contributed by atoms with Gasteiger partial charge in [0.15, 0.2) is 12.5 Å². The zero-order valence-corrected chi connectivity index (χ0v) is 18.7. The average Bonchev–Trinajstić information content (AvgIpc) is 2.83. The molecule has 4 rings (SSSR count). The van der Waals surface area contributed by atoms with Crippen LogP contribution in [0.15, 0.2) is 83.8 Å². The zero-order valence-electron chi connectivity index (χ0n) is 17.9. The highest BCUT2D eigenvalue weighted by Gasteiger charge is 2.36. The lowest BCUT2D eigenvalue weighted by atomic mass is 9.99. The van der Waals surface area contributed by atoms with Crippen molar-refractivity contribution in [3.8, 4) is 5.75 Å². The lowest BCUT2D eigenvalue weighted by Crippen LogP contribution is -2.53. The number of carbonyl (C=O) groups excluding carboxylic acids is 1. The Morgan fingerprint density at radius 1 is 0.969 bits per heavy atom. The first-order valence-corrected chi connectivity index (χ1v) is 12.1. The first kappa shape index (κ1) is 22.0. The van der Waals surface area contributed by atoms with Gasteiger partial charge in [0, 0.05) is 13.1 Å². The minimum Gasteiger partial charge on any atom is -0.494 e. The molecule has 1 aliphatic heterocycles. The van der Waals surface area contributed by atoms with E-state index in [1.807, 2.05) is 36.1 Å². The molecule has 1 atom stereocenters. The third-order valence-electron chi connectivity index (χ3n) is 5.60. The Labute approximate surface area is 189 Å². The first-order valence-electron chi connectivity index (χ1n) is 10.6. The smallest absolute Gasteiger partial charge is 0.266 e. The van der Waals surface area contributed by atoms with Crippen LogP contribution in [0.4, 0.5) is 5.69 Å². The molecule has 166 valence electrons. The number of fused-ring (bicyclic) bond motifs is 1. The normalized spacial score (nSPS) is 14.9. The van der Waals surface area contributed by atoms with E-state index >= 15 is 0 Å². The SMILES string of the molecule is CCOc1ccc(S(=O)(=O)N(c2ccccc2)C(C=O)N2CCc3ccccc3C2)cc1. The molecular formula is C25H26N2O4S. The quantitative estimate of drug-likeness (QED) is 0.488. The molecule has 0 amide bonds. The molecule has 0 radical (unpaired) electrons. The summed E-state index contributed by atoms with van der Waals surface area (Å²) in [4.78, 5) is 14.4. The molecule has 0 spiro atoms. The van der Waals surface area contributed by atoms with E-state index < -0.39 is 16.2 Å². The summed E-state index contributed by atoms with van der Waals surface area (Å²) < 4.78 is 34.2. The molecule has 0 saturated carbocycles. The lowest BCUT2D eigenvalue weighted by Gasteiger charge is -2.39. The molecule has 1 aliphatic rings. The van der Waals surface area contributed by atoms with Crippen LogP contribution in [-0.2, 0) is 27.8 Å². The van der Waals surface area contributed by atoms with Crippen LogP contribution < -0.4 is 9.04 Å². The van der Waals surface area contributed by atoms with Crippen molar-refractivity contribution >= 4 is 22.0 Å². The number of benzene rings is 3. The summed E-state index contributed by atoms with van der Waals surface area (Å²) in [6.07, 6.45) is 0.501. The molecule has 0 bridgehead atoms. The molecule has 3 aromatic rings. The predicted octanol–water partition coefficient (Wildman–Crippen LogP) is 3.86. The predicted molar refractivity (Wildman–Crippen MR) is 124 cm³/mol. The topological polar surface area (TPSA) is 66.9 Å². The summed E-state index contributed by atoms with van der Waals surface area (Å²) in [5, 5.41) is 0. The summed E-state index contributed by atoms with van der Waals surface area (Å²) in [5.74, 6) is 0.595. The maximum Gasteiger partial charge on any atom is 0.266 e. The van der Waals surface area contributed by atoms with Gasteiger partial charge in [-0.1, -0.05) is 42.5 Å². The fourth-order valence-electron chi connectivity index (χ4n) is 4.03. The minimum atomic E-state index is -4.02. The number of anilines is 1. The fraction of sp³-hybridized carbons (Fsp3) is 0.240. The second kappa shape index (κ2) is 9.54. The van der Waals surface area contributed by atoms with Crippen LogP contribution >= 0.6 is 0 Å². The van der Waals surface area contributed by atoms with Crippen LogP contribution in [0, 0.1) is 0 Å². The molecule has 0 N–H and O–H groups in total. The van der Waals surface area contributed by atoms with Gasteiger partial charge in [-0.25, -0.2) is 12.7 Å².